The van der Waals surface area contributed by atoms with Crippen molar-refractivity contribution in [1.82, 2.24) is 25.0 Å². The lowest BCUT2D eigenvalue weighted by Crippen LogP contribution is -2.46. The topological polar surface area (TPSA) is 103 Å². The van der Waals surface area contributed by atoms with E-state index in [0.717, 1.165) is 39.9 Å². The number of amides is 4. The first-order valence-corrected chi connectivity index (χ1v) is 15.8. The van der Waals surface area contributed by atoms with Crippen molar-refractivity contribution in [2.24, 2.45) is 0 Å². The first-order chi connectivity index (χ1) is 22.3. The molecule has 0 saturated heterocycles. The molecule has 0 unspecified atom stereocenters. The predicted octanol–water partition coefficient (Wildman–Crippen LogP) is 5.12. The third-order valence-corrected chi connectivity index (χ3v) is 9.22. The van der Waals surface area contributed by atoms with Gasteiger partial charge in [0.25, 0.3) is 23.6 Å². The van der Waals surface area contributed by atoms with Crippen LogP contribution in [0.25, 0.3) is 32.3 Å². The first kappa shape index (κ1) is 29.7. The Morgan fingerprint density at radius 2 is 1.33 bits per heavy atom. The molecule has 0 saturated carbocycles. The highest BCUT2D eigenvalue weighted by atomic mass is 16.2. The molecule has 9 nitrogen and oxygen atoms in total. The summed E-state index contributed by atoms with van der Waals surface area (Å²) in [6.07, 6.45) is 4.24. The van der Waals surface area contributed by atoms with Gasteiger partial charge >= 0.3 is 0 Å². The fourth-order valence-corrected chi connectivity index (χ4v) is 6.85. The molecular weight excluding hydrogens is 578 g/mol. The number of aromatic nitrogens is 1. The molecule has 232 valence electrons. The second-order valence-corrected chi connectivity index (χ2v) is 12.2. The lowest BCUT2D eigenvalue weighted by Gasteiger charge is -2.32. The van der Waals surface area contributed by atoms with Crippen LogP contribution < -0.4 is 5.32 Å². The van der Waals surface area contributed by atoms with Crippen molar-refractivity contribution >= 4 is 55.9 Å². The number of fused-ring (bicyclic) bond motifs is 2. The molecule has 0 atom stereocenters. The van der Waals surface area contributed by atoms with Crippen molar-refractivity contribution in [3.63, 3.8) is 0 Å². The molecule has 2 aliphatic heterocycles. The fraction of sp³-hybridized carbons (Fsp3) is 0.270. The molecule has 9 heteroatoms. The van der Waals surface area contributed by atoms with E-state index in [9.17, 15) is 19.2 Å². The standard InChI is InChI=1S/C37H35N5O4/c1-23(2)40(17-6-14-38-16-18-41-34(43)27-10-3-7-24-8-4-11-28(31(24)27)35(41)44)19-20-42-36(45)29-12-5-9-26-21-25-13-15-39-22-30(25)33(32(26)29)37(42)46/h3-5,7-13,15,21-23,38H,6,14,16-20H2,1-2H3. The Labute approximate surface area is 266 Å². The summed E-state index contributed by atoms with van der Waals surface area (Å²) in [6, 6.07) is 20.8. The highest BCUT2D eigenvalue weighted by Crippen LogP contribution is 2.35. The number of carbonyl (C=O) groups excluding carboxylic acids is 4. The molecule has 0 bridgehead atoms. The van der Waals surface area contributed by atoms with Gasteiger partial charge in [0.05, 0.1) is 5.56 Å². The number of nitrogens with zero attached hydrogens (tertiary/aromatic N) is 4. The van der Waals surface area contributed by atoms with Crippen molar-refractivity contribution < 1.29 is 19.2 Å². The van der Waals surface area contributed by atoms with Gasteiger partial charge in [0.1, 0.15) is 0 Å². The minimum atomic E-state index is -0.279. The molecule has 4 aromatic carbocycles. The fourth-order valence-electron chi connectivity index (χ4n) is 6.85. The monoisotopic (exact) mass is 613 g/mol. The Morgan fingerprint density at radius 3 is 2.00 bits per heavy atom. The Balaban J connectivity index is 0.951. The lowest BCUT2D eigenvalue weighted by atomic mass is 9.90. The number of nitrogens with one attached hydrogen (secondary N) is 1. The largest absolute Gasteiger partial charge is 0.315 e. The molecule has 4 amide bonds. The average molecular weight is 614 g/mol. The highest BCUT2D eigenvalue weighted by molar-refractivity contribution is 6.30. The maximum atomic E-state index is 13.8. The first-order valence-electron chi connectivity index (χ1n) is 15.8. The van der Waals surface area contributed by atoms with Crippen LogP contribution in [0.4, 0.5) is 0 Å². The summed E-state index contributed by atoms with van der Waals surface area (Å²) in [6.45, 7) is 7.27. The summed E-state index contributed by atoms with van der Waals surface area (Å²) in [4.78, 5) is 62.9. The number of imide groups is 2. The van der Waals surface area contributed by atoms with E-state index in [2.05, 4.69) is 29.0 Å². The van der Waals surface area contributed by atoms with Gasteiger partial charge in [-0.1, -0.05) is 36.4 Å². The van der Waals surface area contributed by atoms with Gasteiger partial charge in [0.15, 0.2) is 0 Å². The number of hydrogen-bond acceptors (Lipinski definition) is 7. The molecular formula is C37H35N5O4. The lowest BCUT2D eigenvalue weighted by molar-refractivity contribution is 0.0580. The van der Waals surface area contributed by atoms with Gasteiger partial charge < -0.3 is 5.32 Å². The molecule has 0 radical (unpaired) electrons. The van der Waals surface area contributed by atoms with Gasteiger partial charge in [-0.3, -0.25) is 38.9 Å². The average Bonchev–Trinajstić information content (AvgIpc) is 3.06. The minimum absolute atomic E-state index is 0.210. The van der Waals surface area contributed by atoms with Crippen LogP contribution in [0.5, 0.6) is 0 Å². The van der Waals surface area contributed by atoms with Crippen molar-refractivity contribution in [2.45, 2.75) is 26.3 Å². The van der Waals surface area contributed by atoms with Gasteiger partial charge in [0.2, 0.25) is 0 Å². The van der Waals surface area contributed by atoms with Crippen molar-refractivity contribution in [3.05, 3.63) is 101 Å². The highest BCUT2D eigenvalue weighted by Gasteiger charge is 2.35. The van der Waals surface area contributed by atoms with E-state index in [4.69, 9.17) is 0 Å². The van der Waals surface area contributed by atoms with Gasteiger partial charge in [-0.25, -0.2) is 0 Å². The minimum Gasteiger partial charge on any atom is -0.315 e. The summed E-state index contributed by atoms with van der Waals surface area (Å²) >= 11 is 0. The van der Waals surface area contributed by atoms with Crippen LogP contribution in [0.2, 0.25) is 0 Å². The molecule has 0 aliphatic carbocycles. The van der Waals surface area contributed by atoms with Crippen LogP contribution in [0.3, 0.4) is 0 Å². The molecule has 3 heterocycles. The van der Waals surface area contributed by atoms with E-state index < -0.39 is 0 Å². The zero-order valence-corrected chi connectivity index (χ0v) is 26.0. The van der Waals surface area contributed by atoms with Gasteiger partial charge in [-0.2, -0.15) is 0 Å². The maximum Gasteiger partial charge on any atom is 0.262 e. The second-order valence-electron chi connectivity index (χ2n) is 12.2. The van der Waals surface area contributed by atoms with Gasteiger partial charge in [-0.15, -0.1) is 0 Å². The number of carbonyl (C=O) groups is 4. The van der Waals surface area contributed by atoms with Crippen LogP contribution >= 0.6 is 0 Å². The third kappa shape index (κ3) is 5.02. The van der Waals surface area contributed by atoms with Crippen LogP contribution in [0, 0.1) is 0 Å². The molecule has 7 rings (SSSR count). The quantitative estimate of drug-likeness (QED) is 0.125. The van der Waals surface area contributed by atoms with E-state index in [-0.39, 0.29) is 42.8 Å². The maximum absolute atomic E-state index is 13.8. The SMILES string of the molecule is CC(C)N(CCCNCCN1C(=O)c2cccc3cccc(c23)C1=O)CCN1C(=O)c2cccc3cc4ccncc4c(c23)C1=O. The summed E-state index contributed by atoms with van der Waals surface area (Å²) in [7, 11) is 0. The molecule has 46 heavy (non-hydrogen) atoms. The van der Waals surface area contributed by atoms with Gasteiger partial charge in [-0.05, 0) is 79.8 Å². The molecule has 1 N–H and O–H groups in total. The summed E-state index contributed by atoms with van der Waals surface area (Å²) in [5.74, 6) is -1.06. The molecule has 2 aliphatic rings. The summed E-state index contributed by atoms with van der Waals surface area (Å²) in [5.41, 5.74) is 2.22. The number of benzene rings is 4. The van der Waals surface area contributed by atoms with E-state index >= 15 is 0 Å². The van der Waals surface area contributed by atoms with Crippen LogP contribution in [0.1, 0.15) is 61.7 Å². The van der Waals surface area contributed by atoms with E-state index in [1.807, 2.05) is 48.5 Å². The second kappa shape index (κ2) is 12.1. The zero-order chi connectivity index (χ0) is 31.9. The van der Waals surface area contributed by atoms with Crippen molar-refractivity contribution in [3.8, 4) is 0 Å². The Hall–Kier alpha value is -4.99. The number of rotatable bonds is 11. The molecule has 0 fully saturated rings. The van der Waals surface area contributed by atoms with E-state index in [0.29, 0.717) is 47.3 Å². The predicted molar refractivity (Wildman–Crippen MR) is 178 cm³/mol. The van der Waals surface area contributed by atoms with Crippen LogP contribution in [-0.4, -0.2) is 88.6 Å². The Kier molecular flexibility index (Phi) is 7.80. The third-order valence-electron chi connectivity index (χ3n) is 9.22. The summed E-state index contributed by atoms with van der Waals surface area (Å²) in [5, 5.41) is 8.26. The number of hydrogen-bond donors (Lipinski definition) is 1. The Morgan fingerprint density at radius 1 is 0.696 bits per heavy atom. The van der Waals surface area contributed by atoms with Crippen LogP contribution in [-0.2, 0) is 0 Å². The van der Waals surface area contributed by atoms with Crippen molar-refractivity contribution in [2.75, 3.05) is 39.3 Å². The van der Waals surface area contributed by atoms with Gasteiger partial charge in [0, 0.05) is 77.5 Å². The summed E-state index contributed by atoms with van der Waals surface area (Å²) < 4.78 is 0. The van der Waals surface area contributed by atoms with E-state index in [1.54, 1.807) is 30.6 Å². The molecule has 1 aromatic heterocycles. The molecule has 0 spiro atoms. The zero-order valence-electron chi connectivity index (χ0n) is 26.0. The Bertz CT molecular complexity index is 2000. The van der Waals surface area contributed by atoms with Crippen LogP contribution in [0.15, 0.2) is 79.1 Å². The number of pyridine rings is 1. The normalized spacial score (nSPS) is 14.6. The van der Waals surface area contributed by atoms with E-state index in [1.165, 1.54) is 9.80 Å². The smallest absolute Gasteiger partial charge is 0.262 e. The molecule has 5 aromatic rings. The van der Waals surface area contributed by atoms with Crippen molar-refractivity contribution in [1.29, 1.82) is 0 Å².